The predicted molar refractivity (Wildman–Crippen MR) is 49.6 cm³/mol. The highest BCUT2D eigenvalue weighted by molar-refractivity contribution is 5.73. The van der Waals surface area contributed by atoms with Gasteiger partial charge in [-0.05, 0) is 6.54 Å². The van der Waals surface area contributed by atoms with Crippen LogP contribution in [0.2, 0.25) is 0 Å². The zero-order chi connectivity index (χ0) is 10.3. The molecule has 0 rings (SSSR count). The maximum absolute atomic E-state index is 10.4. The number of methoxy groups -OCH3 is 1. The lowest BCUT2D eigenvalue weighted by Gasteiger charge is -2.21. The van der Waals surface area contributed by atoms with Crippen molar-refractivity contribution < 1.29 is 14.6 Å². The standard InChI is InChI=1S/C8H18N2O3/c1-3-10(4-5-13-2)6-7(9)8(11)12/h7H,3-6,9H2,1-2H3,(H,11,12). The van der Waals surface area contributed by atoms with Crippen LogP contribution in [0.25, 0.3) is 0 Å². The number of carboxylic acids is 1. The first-order valence-electron chi connectivity index (χ1n) is 4.31. The van der Waals surface area contributed by atoms with E-state index in [1.165, 1.54) is 0 Å². The van der Waals surface area contributed by atoms with Crippen LogP contribution in [-0.2, 0) is 9.53 Å². The summed E-state index contributed by atoms with van der Waals surface area (Å²) in [4.78, 5) is 12.4. The van der Waals surface area contributed by atoms with Gasteiger partial charge in [0.05, 0.1) is 6.61 Å². The van der Waals surface area contributed by atoms with Crippen LogP contribution < -0.4 is 5.73 Å². The molecular weight excluding hydrogens is 172 g/mol. The average molecular weight is 190 g/mol. The molecule has 0 aromatic heterocycles. The Morgan fingerprint density at radius 1 is 1.69 bits per heavy atom. The third kappa shape index (κ3) is 5.57. The molecule has 0 aromatic rings. The second-order valence-corrected chi connectivity index (χ2v) is 2.83. The summed E-state index contributed by atoms with van der Waals surface area (Å²) in [6, 6.07) is -0.809. The molecule has 0 aromatic carbocycles. The summed E-state index contributed by atoms with van der Waals surface area (Å²) in [5.41, 5.74) is 5.38. The summed E-state index contributed by atoms with van der Waals surface area (Å²) in [5, 5.41) is 8.57. The Morgan fingerprint density at radius 2 is 2.31 bits per heavy atom. The summed E-state index contributed by atoms with van der Waals surface area (Å²) >= 11 is 0. The van der Waals surface area contributed by atoms with Crippen molar-refractivity contribution in [1.29, 1.82) is 0 Å². The molecule has 0 radical (unpaired) electrons. The van der Waals surface area contributed by atoms with Gasteiger partial charge in [-0.15, -0.1) is 0 Å². The van der Waals surface area contributed by atoms with Crippen LogP contribution in [0, 0.1) is 0 Å². The maximum atomic E-state index is 10.4. The lowest BCUT2D eigenvalue weighted by molar-refractivity contribution is -0.139. The van der Waals surface area contributed by atoms with Crippen molar-refractivity contribution in [3.63, 3.8) is 0 Å². The fourth-order valence-electron chi connectivity index (χ4n) is 0.955. The summed E-state index contributed by atoms with van der Waals surface area (Å²) in [7, 11) is 1.62. The van der Waals surface area contributed by atoms with Crippen molar-refractivity contribution in [1.82, 2.24) is 4.90 Å². The van der Waals surface area contributed by atoms with Crippen LogP contribution in [0.3, 0.4) is 0 Å². The Hall–Kier alpha value is -0.650. The quantitative estimate of drug-likeness (QED) is 0.559. The van der Waals surface area contributed by atoms with E-state index in [2.05, 4.69) is 0 Å². The van der Waals surface area contributed by atoms with E-state index in [-0.39, 0.29) is 0 Å². The minimum Gasteiger partial charge on any atom is -0.480 e. The van der Waals surface area contributed by atoms with Gasteiger partial charge in [0.2, 0.25) is 0 Å². The van der Waals surface area contributed by atoms with E-state index < -0.39 is 12.0 Å². The molecule has 0 saturated carbocycles. The largest absolute Gasteiger partial charge is 0.480 e. The van der Waals surface area contributed by atoms with E-state index in [1.807, 2.05) is 11.8 Å². The normalized spacial score (nSPS) is 13.2. The third-order valence-electron chi connectivity index (χ3n) is 1.83. The molecule has 13 heavy (non-hydrogen) atoms. The van der Waals surface area contributed by atoms with Gasteiger partial charge in [0.1, 0.15) is 6.04 Å². The molecule has 0 bridgehead atoms. The minimum atomic E-state index is -0.962. The fraction of sp³-hybridized carbons (Fsp3) is 0.875. The van der Waals surface area contributed by atoms with E-state index in [9.17, 15) is 4.79 Å². The smallest absolute Gasteiger partial charge is 0.321 e. The Balaban J connectivity index is 3.75. The second-order valence-electron chi connectivity index (χ2n) is 2.83. The number of hydrogen-bond donors (Lipinski definition) is 2. The molecule has 0 saturated heterocycles. The number of likely N-dealkylation sites (N-methyl/N-ethyl adjacent to an activating group) is 1. The third-order valence-corrected chi connectivity index (χ3v) is 1.83. The van der Waals surface area contributed by atoms with E-state index in [0.717, 1.165) is 6.54 Å². The van der Waals surface area contributed by atoms with Crippen LogP contribution in [0.1, 0.15) is 6.92 Å². The molecule has 0 heterocycles. The zero-order valence-corrected chi connectivity index (χ0v) is 8.19. The number of rotatable bonds is 7. The van der Waals surface area contributed by atoms with E-state index in [4.69, 9.17) is 15.6 Å². The SMILES string of the molecule is CCN(CCOC)CC(N)C(=O)O. The molecule has 0 aliphatic heterocycles. The van der Waals surface area contributed by atoms with Crippen LogP contribution in [0.5, 0.6) is 0 Å². The predicted octanol–water partition coefficient (Wildman–Crippen LogP) is -0.633. The van der Waals surface area contributed by atoms with Crippen molar-refractivity contribution in [2.45, 2.75) is 13.0 Å². The molecule has 1 atom stereocenters. The van der Waals surface area contributed by atoms with Crippen molar-refractivity contribution in [2.24, 2.45) is 5.73 Å². The fourth-order valence-corrected chi connectivity index (χ4v) is 0.955. The number of nitrogens with two attached hydrogens (primary N) is 1. The van der Waals surface area contributed by atoms with Gasteiger partial charge in [-0.1, -0.05) is 6.92 Å². The summed E-state index contributed by atoms with van der Waals surface area (Å²) < 4.78 is 4.89. The van der Waals surface area contributed by atoms with Crippen LogP contribution in [0.4, 0.5) is 0 Å². The van der Waals surface area contributed by atoms with Gasteiger partial charge in [-0.25, -0.2) is 0 Å². The van der Waals surface area contributed by atoms with Gasteiger partial charge < -0.3 is 15.6 Å². The lowest BCUT2D eigenvalue weighted by atomic mass is 10.3. The van der Waals surface area contributed by atoms with Crippen molar-refractivity contribution in [2.75, 3.05) is 33.4 Å². The molecule has 5 heteroatoms. The average Bonchev–Trinajstić information content (AvgIpc) is 2.11. The van der Waals surface area contributed by atoms with E-state index >= 15 is 0 Å². The zero-order valence-electron chi connectivity index (χ0n) is 8.19. The molecule has 0 aliphatic carbocycles. The van der Waals surface area contributed by atoms with Crippen LogP contribution >= 0.6 is 0 Å². The monoisotopic (exact) mass is 190 g/mol. The molecule has 0 aliphatic rings. The number of carboxylic acid groups (broad SMARTS) is 1. The minimum absolute atomic E-state index is 0.370. The van der Waals surface area contributed by atoms with Gasteiger partial charge >= 0.3 is 5.97 Å². The number of ether oxygens (including phenoxy) is 1. The Labute approximate surface area is 78.5 Å². The van der Waals surface area contributed by atoms with E-state index in [1.54, 1.807) is 7.11 Å². The van der Waals surface area contributed by atoms with Crippen LogP contribution in [0.15, 0.2) is 0 Å². The molecule has 78 valence electrons. The first-order valence-corrected chi connectivity index (χ1v) is 4.31. The maximum Gasteiger partial charge on any atom is 0.321 e. The van der Waals surface area contributed by atoms with Gasteiger partial charge in [-0.3, -0.25) is 9.69 Å². The molecule has 0 spiro atoms. The molecular formula is C8H18N2O3. The summed E-state index contributed by atoms with van der Waals surface area (Å²) in [6.07, 6.45) is 0. The van der Waals surface area contributed by atoms with Crippen molar-refractivity contribution in [3.8, 4) is 0 Å². The summed E-state index contributed by atoms with van der Waals surface area (Å²) in [5.74, 6) is -0.962. The molecule has 0 amide bonds. The van der Waals surface area contributed by atoms with Gasteiger partial charge in [0.25, 0.3) is 0 Å². The topological polar surface area (TPSA) is 75.8 Å². The Morgan fingerprint density at radius 3 is 2.69 bits per heavy atom. The molecule has 3 N–H and O–H groups in total. The first kappa shape index (κ1) is 12.3. The highest BCUT2D eigenvalue weighted by Gasteiger charge is 2.14. The molecule has 5 nitrogen and oxygen atoms in total. The van der Waals surface area contributed by atoms with Gasteiger partial charge in [0.15, 0.2) is 0 Å². The van der Waals surface area contributed by atoms with E-state index in [0.29, 0.717) is 19.7 Å². The molecule has 0 fully saturated rings. The van der Waals surface area contributed by atoms with Gasteiger partial charge in [0, 0.05) is 20.2 Å². The van der Waals surface area contributed by atoms with Crippen molar-refractivity contribution in [3.05, 3.63) is 0 Å². The first-order chi connectivity index (χ1) is 6.11. The number of hydrogen-bond acceptors (Lipinski definition) is 4. The Bertz CT molecular complexity index is 152. The number of aliphatic carboxylic acids is 1. The second kappa shape index (κ2) is 6.82. The van der Waals surface area contributed by atoms with Gasteiger partial charge in [-0.2, -0.15) is 0 Å². The lowest BCUT2D eigenvalue weighted by Crippen LogP contribution is -2.43. The summed E-state index contributed by atoms with van der Waals surface area (Å²) in [6.45, 7) is 4.43. The number of nitrogens with zero attached hydrogens (tertiary/aromatic N) is 1. The highest BCUT2D eigenvalue weighted by atomic mass is 16.5. The highest BCUT2D eigenvalue weighted by Crippen LogP contribution is 1.90. The Kier molecular flexibility index (Phi) is 6.48. The molecule has 1 unspecified atom stereocenters. The van der Waals surface area contributed by atoms with Crippen LogP contribution in [-0.4, -0.2) is 55.4 Å². The number of carbonyl (C=O) groups is 1. The van der Waals surface area contributed by atoms with Crippen molar-refractivity contribution >= 4 is 5.97 Å².